The van der Waals surface area contributed by atoms with Crippen molar-refractivity contribution in [2.24, 2.45) is 4.99 Å². The molecule has 4 heteroatoms. The van der Waals surface area contributed by atoms with Crippen LogP contribution in [0.5, 0.6) is 0 Å². The lowest BCUT2D eigenvalue weighted by Gasteiger charge is -2.15. The van der Waals surface area contributed by atoms with Gasteiger partial charge in [-0.15, -0.1) is 4.79 Å². The lowest BCUT2D eigenvalue weighted by Crippen LogP contribution is -2.32. The molecule has 1 amide bonds. The zero-order valence-electron chi connectivity index (χ0n) is 7.37. The molecule has 0 N–H and O–H groups in total. The van der Waals surface area contributed by atoms with Gasteiger partial charge in [0, 0.05) is 0 Å². The molecule has 1 heterocycles. The molecule has 1 aliphatic rings. The van der Waals surface area contributed by atoms with E-state index in [2.05, 4.69) is 11.2 Å². The summed E-state index contributed by atoms with van der Waals surface area (Å²) >= 11 is 0. The highest BCUT2D eigenvalue weighted by molar-refractivity contribution is 5.84. The molecule has 4 nitrogen and oxygen atoms in total. The Morgan fingerprint density at radius 1 is 1.58 bits per heavy atom. The SMILES string of the molecule is CC(C)(C)OC(=O)N1[C+]=CN=C1. The van der Waals surface area contributed by atoms with Crippen LogP contribution in [-0.4, -0.2) is 22.9 Å². The molecule has 0 saturated heterocycles. The maximum absolute atomic E-state index is 11.2. The molecule has 0 atom stereocenters. The summed E-state index contributed by atoms with van der Waals surface area (Å²) in [5.41, 5.74) is -0.477. The van der Waals surface area contributed by atoms with Gasteiger partial charge < -0.3 is 4.74 Å². The van der Waals surface area contributed by atoms with Crippen LogP contribution in [0.4, 0.5) is 4.79 Å². The summed E-state index contributed by atoms with van der Waals surface area (Å²) in [4.78, 5) is 16.0. The van der Waals surface area contributed by atoms with E-state index in [1.165, 1.54) is 17.4 Å². The molecule has 0 aliphatic carbocycles. The minimum Gasteiger partial charge on any atom is -0.383 e. The molecule has 0 spiro atoms. The molecule has 1 rings (SSSR count). The van der Waals surface area contributed by atoms with E-state index in [9.17, 15) is 4.79 Å². The van der Waals surface area contributed by atoms with Crippen molar-refractivity contribution in [1.29, 1.82) is 0 Å². The smallest absolute Gasteiger partial charge is 0.383 e. The van der Waals surface area contributed by atoms with Crippen molar-refractivity contribution in [1.82, 2.24) is 4.90 Å². The number of rotatable bonds is 0. The molecule has 12 heavy (non-hydrogen) atoms. The minimum atomic E-state index is -0.477. The summed E-state index contributed by atoms with van der Waals surface area (Å²) < 4.78 is 5.03. The quantitative estimate of drug-likeness (QED) is 0.513. The zero-order valence-corrected chi connectivity index (χ0v) is 7.37. The minimum absolute atomic E-state index is 0.458. The Labute approximate surface area is 71.5 Å². The zero-order chi connectivity index (χ0) is 9.19. The lowest BCUT2D eigenvalue weighted by atomic mass is 10.2. The molecule has 0 aromatic rings. The van der Waals surface area contributed by atoms with Gasteiger partial charge in [-0.1, -0.05) is 0 Å². The number of amides is 1. The number of hydrogen-bond acceptors (Lipinski definition) is 3. The normalized spacial score (nSPS) is 14.8. The molecular formula is C8H11N2O2+. The highest BCUT2D eigenvalue weighted by Gasteiger charge is 2.29. The summed E-state index contributed by atoms with van der Waals surface area (Å²) in [5.74, 6) is 0. The van der Waals surface area contributed by atoms with Crippen molar-refractivity contribution < 1.29 is 9.53 Å². The highest BCUT2D eigenvalue weighted by atomic mass is 16.6. The number of aliphatic imine (C=N–C) groups is 1. The summed E-state index contributed by atoms with van der Waals surface area (Å²) in [6.07, 6.45) is 4.89. The largest absolute Gasteiger partial charge is 0.537 e. The summed E-state index contributed by atoms with van der Waals surface area (Å²) in [7, 11) is 0. The van der Waals surface area contributed by atoms with Gasteiger partial charge >= 0.3 is 6.09 Å². The van der Waals surface area contributed by atoms with E-state index in [4.69, 9.17) is 4.74 Å². The Morgan fingerprint density at radius 3 is 2.67 bits per heavy atom. The van der Waals surface area contributed by atoms with E-state index in [0.717, 1.165) is 0 Å². The van der Waals surface area contributed by atoms with Gasteiger partial charge in [-0.05, 0) is 25.7 Å². The second kappa shape index (κ2) is 2.91. The molecule has 0 aromatic carbocycles. The third kappa shape index (κ3) is 2.32. The van der Waals surface area contributed by atoms with Crippen LogP contribution in [-0.2, 0) is 4.74 Å². The fourth-order valence-electron chi connectivity index (χ4n) is 0.640. The fourth-order valence-corrected chi connectivity index (χ4v) is 0.640. The van der Waals surface area contributed by atoms with Gasteiger partial charge in [-0.2, -0.15) is 4.99 Å². The van der Waals surface area contributed by atoms with Crippen molar-refractivity contribution >= 4 is 12.4 Å². The van der Waals surface area contributed by atoms with Crippen LogP contribution < -0.4 is 0 Å². The van der Waals surface area contributed by atoms with Gasteiger partial charge in [-0.25, -0.2) is 0 Å². The molecule has 0 bridgehead atoms. The van der Waals surface area contributed by atoms with Crippen molar-refractivity contribution in [3.63, 3.8) is 0 Å². The summed E-state index contributed by atoms with van der Waals surface area (Å²) in [6, 6.07) is 0. The van der Waals surface area contributed by atoms with Crippen molar-refractivity contribution in [3.05, 3.63) is 12.4 Å². The van der Waals surface area contributed by atoms with Crippen LogP contribution in [0.25, 0.3) is 0 Å². The van der Waals surface area contributed by atoms with Crippen molar-refractivity contribution in [2.45, 2.75) is 26.4 Å². The molecule has 0 fully saturated rings. The van der Waals surface area contributed by atoms with Crippen molar-refractivity contribution in [3.8, 4) is 0 Å². The monoisotopic (exact) mass is 167 g/mol. The van der Waals surface area contributed by atoms with Gasteiger partial charge in [0.15, 0.2) is 12.4 Å². The van der Waals surface area contributed by atoms with Crippen LogP contribution >= 0.6 is 0 Å². The molecule has 0 aromatic heterocycles. The first-order valence-electron chi connectivity index (χ1n) is 3.62. The van der Waals surface area contributed by atoms with Gasteiger partial charge in [0.1, 0.15) is 5.60 Å². The van der Waals surface area contributed by atoms with Crippen LogP contribution in [0.3, 0.4) is 0 Å². The Bertz CT molecular complexity index is 226. The van der Waals surface area contributed by atoms with Gasteiger partial charge in [-0.3, -0.25) is 0 Å². The first-order chi connectivity index (χ1) is 5.49. The average molecular weight is 167 g/mol. The predicted octanol–water partition coefficient (Wildman–Crippen LogP) is 1.54. The van der Waals surface area contributed by atoms with Crippen LogP contribution in [0.1, 0.15) is 20.8 Å². The first-order valence-corrected chi connectivity index (χ1v) is 3.62. The predicted molar refractivity (Wildman–Crippen MR) is 44.4 cm³/mol. The van der Waals surface area contributed by atoms with E-state index in [0.29, 0.717) is 0 Å². The van der Waals surface area contributed by atoms with E-state index in [1.807, 2.05) is 20.8 Å². The van der Waals surface area contributed by atoms with Crippen molar-refractivity contribution in [2.75, 3.05) is 0 Å². The van der Waals surface area contributed by atoms with E-state index >= 15 is 0 Å². The Balaban J connectivity index is 2.49. The number of carbonyl (C=O) groups is 1. The third-order valence-electron chi connectivity index (χ3n) is 1.04. The molecule has 0 radical (unpaired) electrons. The topological polar surface area (TPSA) is 41.9 Å². The lowest BCUT2D eigenvalue weighted by molar-refractivity contribution is 0.0426. The van der Waals surface area contributed by atoms with Crippen LogP contribution in [0.15, 0.2) is 11.2 Å². The molecule has 0 unspecified atom stereocenters. The number of carbonyl (C=O) groups excluding carboxylic acids is 1. The first kappa shape index (κ1) is 8.68. The molecule has 0 saturated carbocycles. The second-order valence-corrected chi connectivity index (χ2v) is 3.37. The second-order valence-electron chi connectivity index (χ2n) is 3.37. The van der Waals surface area contributed by atoms with Crippen LogP contribution in [0.2, 0.25) is 0 Å². The number of ether oxygens (including phenoxy) is 1. The Kier molecular flexibility index (Phi) is 2.11. The van der Waals surface area contributed by atoms with Crippen LogP contribution in [0, 0.1) is 6.20 Å². The average Bonchev–Trinajstić information content (AvgIpc) is 2.32. The number of hydrogen-bond donors (Lipinski definition) is 0. The van der Waals surface area contributed by atoms with E-state index in [-0.39, 0.29) is 0 Å². The summed E-state index contributed by atoms with van der Waals surface area (Å²) in [5, 5.41) is 0. The third-order valence-corrected chi connectivity index (χ3v) is 1.04. The van der Waals surface area contributed by atoms with Gasteiger partial charge in [0.2, 0.25) is 6.34 Å². The van der Waals surface area contributed by atoms with Gasteiger partial charge in [0.05, 0.1) is 0 Å². The molecule has 64 valence electrons. The highest BCUT2D eigenvalue weighted by Crippen LogP contribution is 2.10. The molecule has 1 aliphatic heterocycles. The summed E-state index contributed by atoms with van der Waals surface area (Å²) in [6.45, 7) is 5.42. The maximum Gasteiger partial charge on any atom is 0.537 e. The molecular weight excluding hydrogens is 156 g/mol. The van der Waals surface area contributed by atoms with E-state index < -0.39 is 11.7 Å². The van der Waals surface area contributed by atoms with Gasteiger partial charge in [0.25, 0.3) is 0 Å². The standard InChI is InChI=1S/C8H11N2O2/c1-8(2,3)12-7(11)10-5-4-9-6-10/h4,6H,1-3H3/q+1. The Morgan fingerprint density at radius 2 is 2.25 bits per heavy atom. The maximum atomic E-state index is 11.2. The Hall–Kier alpha value is -1.41. The number of nitrogens with zero attached hydrogens (tertiary/aromatic N) is 2. The van der Waals surface area contributed by atoms with E-state index in [1.54, 1.807) is 0 Å². The fraction of sp³-hybridized carbons (Fsp3) is 0.500.